The first-order valence-corrected chi connectivity index (χ1v) is 11.5. The van der Waals surface area contributed by atoms with Gasteiger partial charge in [-0.1, -0.05) is 35.9 Å². The Kier molecular flexibility index (Phi) is 8.97. The van der Waals surface area contributed by atoms with Crippen molar-refractivity contribution >= 4 is 29.0 Å². The van der Waals surface area contributed by atoms with Crippen LogP contribution in [-0.4, -0.2) is 48.5 Å². The Bertz CT molecular complexity index is 1020. The molecular weight excluding hydrogens is 441 g/mol. The Labute approximate surface area is 197 Å². The number of rotatable bonds is 10. The lowest BCUT2D eigenvalue weighted by atomic mass is 10.2. The lowest BCUT2D eigenvalue weighted by Crippen LogP contribution is -2.45. The molecule has 0 aliphatic heterocycles. The number of methoxy groups -OCH3 is 1. The van der Waals surface area contributed by atoms with E-state index in [0.29, 0.717) is 25.4 Å². The number of hydrogen-bond acceptors (Lipinski definition) is 4. The smallest absolute Gasteiger partial charge is 0.322 e. The Morgan fingerprint density at radius 2 is 1.73 bits per heavy atom. The van der Waals surface area contributed by atoms with Crippen LogP contribution in [0.2, 0.25) is 0 Å². The van der Waals surface area contributed by atoms with E-state index >= 15 is 0 Å². The standard InChI is InChI=1S/C25H28FN3O3S/c1-19-5-11-22(12-6-19)27-25(31)28(13-14-32-2)18-24(30)29(17-23-4-3-15-33-23)16-20-7-9-21(26)10-8-20/h3-12,15H,13-14,16-18H2,1-2H3,(H,27,31). The normalized spacial score (nSPS) is 10.6. The molecule has 1 N–H and O–H groups in total. The molecule has 3 aromatic rings. The van der Waals surface area contributed by atoms with Crippen molar-refractivity contribution in [1.82, 2.24) is 9.80 Å². The fourth-order valence-electron chi connectivity index (χ4n) is 3.19. The van der Waals surface area contributed by atoms with Gasteiger partial charge >= 0.3 is 6.03 Å². The van der Waals surface area contributed by atoms with E-state index in [-0.39, 0.29) is 30.8 Å². The monoisotopic (exact) mass is 469 g/mol. The van der Waals surface area contributed by atoms with Crippen LogP contribution in [0.3, 0.4) is 0 Å². The highest BCUT2D eigenvalue weighted by atomic mass is 32.1. The van der Waals surface area contributed by atoms with Crippen LogP contribution in [0, 0.1) is 12.7 Å². The van der Waals surface area contributed by atoms with Gasteiger partial charge in [-0.15, -0.1) is 11.3 Å². The first-order chi connectivity index (χ1) is 15.9. The number of benzene rings is 2. The van der Waals surface area contributed by atoms with Crippen LogP contribution < -0.4 is 5.32 Å². The molecule has 0 radical (unpaired) electrons. The number of hydrogen-bond donors (Lipinski definition) is 1. The molecule has 6 nitrogen and oxygen atoms in total. The lowest BCUT2D eigenvalue weighted by Gasteiger charge is -2.27. The van der Waals surface area contributed by atoms with Crippen LogP contribution in [0.1, 0.15) is 16.0 Å². The third kappa shape index (κ3) is 7.69. The van der Waals surface area contributed by atoms with Gasteiger partial charge in [-0.25, -0.2) is 9.18 Å². The molecule has 3 amide bonds. The van der Waals surface area contributed by atoms with Crippen LogP contribution in [0.4, 0.5) is 14.9 Å². The maximum absolute atomic E-state index is 13.3. The predicted octanol–water partition coefficient (Wildman–Crippen LogP) is 4.90. The van der Waals surface area contributed by atoms with Gasteiger partial charge < -0.3 is 19.9 Å². The van der Waals surface area contributed by atoms with Gasteiger partial charge in [0.05, 0.1) is 13.2 Å². The van der Waals surface area contributed by atoms with Crippen molar-refractivity contribution in [3.05, 3.63) is 87.9 Å². The molecule has 0 unspecified atom stereocenters. The second-order valence-electron chi connectivity index (χ2n) is 7.67. The molecule has 8 heteroatoms. The summed E-state index contributed by atoms with van der Waals surface area (Å²) in [5.41, 5.74) is 2.56. The highest BCUT2D eigenvalue weighted by Crippen LogP contribution is 2.16. The number of ether oxygens (including phenoxy) is 1. The van der Waals surface area contributed by atoms with Crippen molar-refractivity contribution in [2.75, 3.05) is 32.1 Å². The van der Waals surface area contributed by atoms with Gasteiger partial charge in [-0.05, 0) is 48.2 Å². The van der Waals surface area contributed by atoms with Gasteiger partial charge in [0.1, 0.15) is 12.4 Å². The molecule has 0 atom stereocenters. The number of carbonyl (C=O) groups excluding carboxylic acids is 2. The molecule has 0 spiro atoms. The summed E-state index contributed by atoms with van der Waals surface area (Å²) in [6.45, 7) is 3.16. The highest BCUT2D eigenvalue weighted by Gasteiger charge is 2.22. The van der Waals surface area contributed by atoms with Gasteiger partial charge in [0.2, 0.25) is 5.91 Å². The largest absolute Gasteiger partial charge is 0.383 e. The average Bonchev–Trinajstić information content (AvgIpc) is 3.32. The number of urea groups is 1. The second-order valence-corrected chi connectivity index (χ2v) is 8.70. The summed E-state index contributed by atoms with van der Waals surface area (Å²) in [5.74, 6) is -0.531. The van der Waals surface area contributed by atoms with Crippen molar-refractivity contribution < 1.29 is 18.7 Å². The van der Waals surface area contributed by atoms with E-state index in [1.165, 1.54) is 17.0 Å². The SMILES string of the molecule is COCCN(CC(=O)N(Cc1ccc(F)cc1)Cc1cccs1)C(=O)Nc1ccc(C)cc1. The summed E-state index contributed by atoms with van der Waals surface area (Å²) in [6.07, 6.45) is 0. The van der Waals surface area contributed by atoms with Crippen molar-refractivity contribution in [3.63, 3.8) is 0 Å². The summed E-state index contributed by atoms with van der Waals surface area (Å²) in [5, 5.41) is 4.80. The summed E-state index contributed by atoms with van der Waals surface area (Å²) >= 11 is 1.56. The molecule has 33 heavy (non-hydrogen) atoms. The third-order valence-corrected chi connectivity index (χ3v) is 5.91. The average molecular weight is 470 g/mol. The van der Waals surface area contributed by atoms with E-state index in [0.717, 1.165) is 16.0 Å². The molecule has 0 saturated carbocycles. The Balaban J connectivity index is 1.73. The molecule has 0 saturated heterocycles. The zero-order chi connectivity index (χ0) is 23.6. The number of nitrogens with one attached hydrogen (secondary N) is 1. The number of amides is 3. The molecule has 1 heterocycles. The molecule has 0 fully saturated rings. The number of anilines is 1. The number of nitrogens with zero attached hydrogens (tertiary/aromatic N) is 2. The minimum Gasteiger partial charge on any atom is -0.383 e. The Hall–Kier alpha value is -3.23. The number of carbonyl (C=O) groups is 2. The van der Waals surface area contributed by atoms with Crippen LogP contribution in [0.15, 0.2) is 66.0 Å². The van der Waals surface area contributed by atoms with E-state index in [2.05, 4.69) is 5.32 Å². The van der Waals surface area contributed by atoms with Gasteiger partial charge in [0.25, 0.3) is 0 Å². The van der Waals surface area contributed by atoms with E-state index < -0.39 is 0 Å². The fourth-order valence-corrected chi connectivity index (χ4v) is 3.91. The summed E-state index contributed by atoms with van der Waals surface area (Å²) in [7, 11) is 1.55. The maximum Gasteiger partial charge on any atom is 0.322 e. The zero-order valence-electron chi connectivity index (χ0n) is 18.8. The van der Waals surface area contributed by atoms with Gasteiger partial charge in [0.15, 0.2) is 0 Å². The molecule has 174 valence electrons. The summed E-state index contributed by atoms with van der Waals surface area (Å²) in [6, 6.07) is 17.1. The van der Waals surface area contributed by atoms with Crippen LogP contribution in [0.5, 0.6) is 0 Å². The van der Waals surface area contributed by atoms with Crippen molar-refractivity contribution in [1.29, 1.82) is 0 Å². The maximum atomic E-state index is 13.3. The molecule has 2 aromatic carbocycles. The number of thiophene rings is 1. The summed E-state index contributed by atoms with van der Waals surface area (Å²) < 4.78 is 18.5. The Morgan fingerprint density at radius 1 is 1.00 bits per heavy atom. The zero-order valence-corrected chi connectivity index (χ0v) is 19.6. The van der Waals surface area contributed by atoms with E-state index in [9.17, 15) is 14.0 Å². The van der Waals surface area contributed by atoms with Crippen molar-refractivity contribution in [2.45, 2.75) is 20.0 Å². The minimum atomic E-state index is -0.373. The van der Waals surface area contributed by atoms with Crippen LogP contribution in [0.25, 0.3) is 0 Å². The minimum absolute atomic E-state index is 0.104. The highest BCUT2D eigenvalue weighted by molar-refractivity contribution is 7.09. The molecular formula is C25H28FN3O3S. The lowest BCUT2D eigenvalue weighted by molar-refractivity contribution is -0.133. The molecule has 1 aromatic heterocycles. The fraction of sp³-hybridized carbons (Fsp3) is 0.280. The topological polar surface area (TPSA) is 61.9 Å². The van der Waals surface area contributed by atoms with Gasteiger partial charge in [0, 0.05) is 30.8 Å². The third-order valence-electron chi connectivity index (χ3n) is 5.05. The quantitative estimate of drug-likeness (QED) is 0.459. The second kappa shape index (κ2) is 12.1. The molecule has 0 aliphatic rings. The van der Waals surface area contributed by atoms with Crippen molar-refractivity contribution in [2.24, 2.45) is 0 Å². The molecule has 3 rings (SSSR count). The number of halogens is 1. The summed E-state index contributed by atoms with van der Waals surface area (Å²) in [4.78, 5) is 30.4. The van der Waals surface area contributed by atoms with E-state index in [4.69, 9.17) is 4.74 Å². The number of aryl methyl sites for hydroxylation is 1. The van der Waals surface area contributed by atoms with E-state index in [1.807, 2.05) is 48.7 Å². The van der Waals surface area contributed by atoms with Crippen LogP contribution in [-0.2, 0) is 22.6 Å². The molecule has 0 aliphatic carbocycles. The Morgan fingerprint density at radius 3 is 2.36 bits per heavy atom. The first kappa shape index (κ1) is 24.4. The molecule has 0 bridgehead atoms. The van der Waals surface area contributed by atoms with Crippen LogP contribution >= 0.6 is 11.3 Å². The van der Waals surface area contributed by atoms with E-state index in [1.54, 1.807) is 35.5 Å². The van der Waals surface area contributed by atoms with Crippen molar-refractivity contribution in [3.8, 4) is 0 Å². The predicted molar refractivity (Wildman–Crippen MR) is 129 cm³/mol. The first-order valence-electron chi connectivity index (χ1n) is 10.6. The van der Waals surface area contributed by atoms with Gasteiger partial charge in [-0.2, -0.15) is 0 Å². The van der Waals surface area contributed by atoms with Gasteiger partial charge in [-0.3, -0.25) is 4.79 Å².